The maximum atomic E-state index is 12.4. The van der Waals surface area contributed by atoms with Gasteiger partial charge in [-0.15, -0.1) is 0 Å². The molecule has 0 spiro atoms. The molecule has 7 heteroatoms. The van der Waals surface area contributed by atoms with Crippen LogP contribution in [0.2, 0.25) is 0 Å². The number of hydrogen-bond donors (Lipinski definition) is 1. The molecule has 3 rings (SSSR count). The standard InChI is InChI=1S/C22H27N3O4/c1-17(26)25(12-11-23-22(27)18-7-9-19(28-2)10-8-18)21-6-4-3-5-20(21)24-13-15-29-16-14-24/h3-10H,11-16H2,1-2H3,(H,23,27). The molecule has 1 saturated heterocycles. The molecular formula is C22H27N3O4. The third kappa shape index (κ3) is 5.26. The molecule has 154 valence electrons. The lowest BCUT2D eigenvalue weighted by Crippen LogP contribution is -2.40. The predicted octanol–water partition coefficient (Wildman–Crippen LogP) is 2.31. The van der Waals surface area contributed by atoms with Crippen LogP contribution in [0.3, 0.4) is 0 Å². The number of carbonyl (C=O) groups excluding carboxylic acids is 2. The van der Waals surface area contributed by atoms with Crippen LogP contribution in [0.4, 0.5) is 11.4 Å². The monoisotopic (exact) mass is 397 g/mol. The molecule has 29 heavy (non-hydrogen) atoms. The van der Waals surface area contributed by atoms with E-state index in [4.69, 9.17) is 9.47 Å². The van der Waals surface area contributed by atoms with Crippen molar-refractivity contribution < 1.29 is 19.1 Å². The number of nitrogens with zero attached hydrogens (tertiary/aromatic N) is 2. The fraction of sp³-hybridized carbons (Fsp3) is 0.364. The Balaban J connectivity index is 1.66. The molecule has 2 amide bonds. The van der Waals surface area contributed by atoms with Crippen LogP contribution in [-0.4, -0.2) is 58.3 Å². The highest BCUT2D eigenvalue weighted by Crippen LogP contribution is 2.30. The van der Waals surface area contributed by atoms with Gasteiger partial charge >= 0.3 is 0 Å². The van der Waals surface area contributed by atoms with Crippen LogP contribution in [0.5, 0.6) is 5.75 Å². The second kappa shape index (κ2) is 9.93. The second-order valence-corrected chi connectivity index (χ2v) is 6.74. The van der Waals surface area contributed by atoms with Gasteiger partial charge in [0.2, 0.25) is 5.91 Å². The highest BCUT2D eigenvalue weighted by molar-refractivity contribution is 5.96. The maximum Gasteiger partial charge on any atom is 0.251 e. The van der Waals surface area contributed by atoms with E-state index < -0.39 is 0 Å². The fourth-order valence-corrected chi connectivity index (χ4v) is 3.34. The molecule has 0 saturated carbocycles. The average molecular weight is 397 g/mol. The Labute approximate surface area is 171 Å². The maximum absolute atomic E-state index is 12.4. The number of hydrogen-bond acceptors (Lipinski definition) is 5. The van der Waals surface area contributed by atoms with Gasteiger partial charge in [-0.2, -0.15) is 0 Å². The minimum absolute atomic E-state index is 0.0654. The Bertz CT molecular complexity index is 832. The topological polar surface area (TPSA) is 71.1 Å². The van der Waals surface area contributed by atoms with E-state index in [1.807, 2.05) is 24.3 Å². The summed E-state index contributed by atoms with van der Waals surface area (Å²) in [5, 5.41) is 2.88. The van der Waals surface area contributed by atoms with Crippen LogP contribution in [-0.2, 0) is 9.53 Å². The Morgan fingerprint density at radius 1 is 1.10 bits per heavy atom. The third-order valence-electron chi connectivity index (χ3n) is 4.88. The number of nitrogens with one attached hydrogen (secondary N) is 1. The van der Waals surface area contributed by atoms with Gasteiger partial charge in [-0.3, -0.25) is 9.59 Å². The number of anilines is 2. The molecule has 0 atom stereocenters. The molecule has 2 aromatic rings. The summed E-state index contributed by atoms with van der Waals surface area (Å²) in [6.07, 6.45) is 0. The van der Waals surface area contributed by atoms with Gasteiger partial charge in [0, 0.05) is 38.7 Å². The predicted molar refractivity (Wildman–Crippen MR) is 113 cm³/mol. The van der Waals surface area contributed by atoms with Gasteiger partial charge in [-0.1, -0.05) is 12.1 Å². The smallest absolute Gasteiger partial charge is 0.251 e. The molecule has 2 aromatic carbocycles. The summed E-state index contributed by atoms with van der Waals surface area (Å²) in [6, 6.07) is 14.8. The van der Waals surface area contributed by atoms with Crippen molar-refractivity contribution in [3.8, 4) is 5.75 Å². The number of carbonyl (C=O) groups is 2. The number of para-hydroxylation sites is 2. The van der Waals surface area contributed by atoms with Crippen LogP contribution in [0, 0.1) is 0 Å². The minimum atomic E-state index is -0.183. The van der Waals surface area contributed by atoms with Gasteiger partial charge in [-0.25, -0.2) is 0 Å². The summed E-state index contributed by atoms with van der Waals surface area (Å²) in [6.45, 7) is 5.20. The van der Waals surface area contributed by atoms with Gasteiger partial charge in [0.1, 0.15) is 5.75 Å². The van der Waals surface area contributed by atoms with E-state index in [0.29, 0.717) is 37.6 Å². The molecule has 1 heterocycles. The molecule has 7 nitrogen and oxygen atoms in total. The largest absolute Gasteiger partial charge is 0.497 e. The summed E-state index contributed by atoms with van der Waals surface area (Å²) < 4.78 is 10.5. The first kappa shape index (κ1) is 20.7. The highest BCUT2D eigenvalue weighted by Gasteiger charge is 2.20. The van der Waals surface area contributed by atoms with Crippen molar-refractivity contribution in [2.45, 2.75) is 6.92 Å². The molecule has 0 unspecified atom stereocenters. The van der Waals surface area contributed by atoms with Gasteiger partial charge < -0.3 is 24.6 Å². The molecule has 0 aromatic heterocycles. The summed E-state index contributed by atoms with van der Waals surface area (Å²) in [7, 11) is 1.58. The lowest BCUT2D eigenvalue weighted by atomic mass is 10.2. The fourth-order valence-electron chi connectivity index (χ4n) is 3.34. The zero-order valence-electron chi connectivity index (χ0n) is 16.9. The van der Waals surface area contributed by atoms with E-state index in [1.54, 1.807) is 43.2 Å². The lowest BCUT2D eigenvalue weighted by molar-refractivity contribution is -0.116. The van der Waals surface area contributed by atoms with Crippen molar-refractivity contribution >= 4 is 23.2 Å². The van der Waals surface area contributed by atoms with E-state index in [2.05, 4.69) is 10.2 Å². The first-order valence-electron chi connectivity index (χ1n) is 9.72. The van der Waals surface area contributed by atoms with E-state index in [0.717, 1.165) is 24.5 Å². The van der Waals surface area contributed by atoms with Crippen molar-refractivity contribution in [1.29, 1.82) is 0 Å². The zero-order valence-corrected chi connectivity index (χ0v) is 16.9. The number of ether oxygens (including phenoxy) is 2. The van der Waals surface area contributed by atoms with E-state index >= 15 is 0 Å². The Hall–Kier alpha value is -3.06. The second-order valence-electron chi connectivity index (χ2n) is 6.74. The molecule has 0 aliphatic carbocycles. The van der Waals surface area contributed by atoms with Crippen molar-refractivity contribution in [2.75, 3.05) is 56.3 Å². The van der Waals surface area contributed by atoms with Crippen LogP contribution in [0.1, 0.15) is 17.3 Å². The van der Waals surface area contributed by atoms with E-state index in [1.165, 1.54) is 0 Å². The first-order chi connectivity index (χ1) is 14.1. The van der Waals surface area contributed by atoms with Gasteiger partial charge in [-0.05, 0) is 36.4 Å². The Morgan fingerprint density at radius 3 is 2.45 bits per heavy atom. The normalized spacial score (nSPS) is 13.7. The third-order valence-corrected chi connectivity index (χ3v) is 4.88. The van der Waals surface area contributed by atoms with Crippen molar-refractivity contribution in [3.05, 3.63) is 54.1 Å². The van der Waals surface area contributed by atoms with Crippen LogP contribution in [0.25, 0.3) is 0 Å². The first-order valence-corrected chi connectivity index (χ1v) is 9.72. The molecule has 1 aliphatic heterocycles. The summed E-state index contributed by atoms with van der Waals surface area (Å²) in [4.78, 5) is 28.7. The molecule has 0 radical (unpaired) electrons. The number of rotatable bonds is 7. The SMILES string of the molecule is COc1ccc(C(=O)NCCN(C(C)=O)c2ccccc2N2CCOCC2)cc1. The molecule has 1 N–H and O–H groups in total. The lowest BCUT2D eigenvalue weighted by Gasteiger charge is -2.33. The molecular weight excluding hydrogens is 370 g/mol. The van der Waals surface area contributed by atoms with Crippen LogP contribution in [0.15, 0.2) is 48.5 Å². The molecule has 0 bridgehead atoms. The number of benzene rings is 2. The Kier molecular flexibility index (Phi) is 7.08. The van der Waals surface area contributed by atoms with E-state index in [9.17, 15) is 9.59 Å². The van der Waals surface area contributed by atoms with Crippen molar-refractivity contribution in [3.63, 3.8) is 0 Å². The zero-order chi connectivity index (χ0) is 20.6. The van der Waals surface area contributed by atoms with Crippen LogP contribution >= 0.6 is 0 Å². The Morgan fingerprint density at radius 2 is 1.79 bits per heavy atom. The summed E-state index contributed by atoms with van der Waals surface area (Å²) >= 11 is 0. The number of amides is 2. The number of methoxy groups -OCH3 is 1. The minimum Gasteiger partial charge on any atom is -0.497 e. The van der Waals surface area contributed by atoms with E-state index in [-0.39, 0.29) is 11.8 Å². The summed E-state index contributed by atoms with van der Waals surface area (Å²) in [5.74, 6) is 0.450. The van der Waals surface area contributed by atoms with Gasteiger partial charge in [0.25, 0.3) is 5.91 Å². The highest BCUT2D eigenvalue weighted by atomic mass is 16.5. The number of morpholine rings is 1. The molecule has 1 aliphatic rings. The van der Waals surface area contributed by atoms with Crippen molar-refractivity contribution in [1.82, 2.24) is 5.32 Å². The van der Waals surface area contributed by atoms with Gasteiger partial charge in [0.05, 0.1) is 31.7 Å². The molecule has 1 fully saturated rings. The van der Waals surface area contributed by atoms with Crippen LogP contribution < -0.4 is 19.9 Å². The van der Waals surface area contributed by atoms with Crippen molar-refractivity contribution in [2.24, 2.45) is 0 Å². The summed E-state index contributed by atoms with van der Waals surface area (Å²) in [5.41, 5.74) is 2.40. The average Bonchev–Trinajstić information content (AvgIpc) is 2.77. The van der Waals surface area contributed by atoms with Gasteiger partial charge in [0.15, 0.2) is 0 Å². The quantitative estimate of drug-likeness (QED) is 0.776.